The second-order valence-electron chi connectivity index (χ2n) is 9.89. The number of benzene rings is 2. The molecule has 2 atom stereocenters. The van der Waals surface area contributed by atoms with Gasteiger partial charge in [0.25, 0.3) is 11.8 Å². The number of hydrogen-bond donors (Lipinski definition) is 1. The lowest BCUT2D eigenvalue weighted by Crippen LogP contribution is -2.52. The summed E-state index contributed by atoms with van der Waals surface area (Å²) in [6.07, 6.45) is 2.93. The topological polar surface area (TPSA) is 118 Å². The van der Waals surface area contributed by atoms with E-state index < -0.39 is 11.9 Å². The Balaban J connectivity index is 1.19. The monoisotopic (exact) mass is 498 g/mol. The molecule has 188 valence electrons. The number of carbonyl (C=O) groups is 4. The van der Waals surface area contributed by atoms with Crippen molar-refractivity contribution in [1.29, 1.82) is 0 Å². The fraction of sp³-hybridized carbons (Fsp3) is 0.333. The molecule has 10 heteroatoms. The lowest BCUT2D eigenvalue weighted by Gasteiger charge is -2.29. The summed E-state index contributed by atoms with van der Waals surface area (Å²) in [5.41, 5.74) is 4.76. The molecule has 10 nitrogen and oxygen atoms in total. The molecule has 1 N–H and O–H groups in total. The number of nitrogens with one attached hydrogen (secondary N) is 1. The molecule has 4 amide bonds. The van der Waals surface area contributed by atoms with Crippen LogP contribution in [0.5, 0.6) is 0 Å². The molecule has 2 aromatic carbocycles. The fourth-order valence-electron chi connectivity index (χ4n) is 5.56. The van der Waals surface area contributed by atoms with Gasteiger partial charge < -0.3 is 9.80 Å². The van der Waals surface area contributed by atoms with Crippen molar-refractivity contribution in [2.45, 2.75) is 44.7 Å². The Kier molecular flexibility index (Phi) is 5.58. The number of piperidine rings is 1. The summed E-state index contributed by atoms with van der Waals surface area (Å²) in [6.45, 7) is 3.62. The van der Waals surface area contributed by atoms with Crippen LogP contribution < -0.4 is 5.32 Å². The van der Waals surface area contributed by atoms with Crippen LogP contribution in [0.1, 0.15) is 63.2 Å². The summed E-state index contributed by atoms with van der Waals surface area (Å²) >= 11 is 0. The third kappa shape index (κ3) is 4.08. The van der Waals surface area contributed by atoms with Crippen LogP contribution in [0.15, 0.2) is 48.7 Å². The zero-order valence-corrected chi connectivity index (χ0v) is 20.4. The molecule has 3 aliphatic rings. The minimum absolute atomic E-state index is 0.161. The number of aromatic nitrogens is 3. The summed E-state index contributed by atoms with van der Waals surface area (Å²) in [6, 6.07) is 12.9. The molecule has 0 spiro atoms. The molecule has 6 rings (SSSR count). The SMILES string of the molecule is CC1CN(C(=O)c2cn(-c3ccc4c(c3)CN(C3CCC(=O)NC3=O)C4=O)nn2)CCc2ccccc21. The maximum absolute atomic E-state index is 13.3. The number of hydrogen-bond acceptors (Lipinski definition) is 6. The van der Waals surface area contributed by atoms with E-state index in [9.17, 15) is 19.2 Å². The number of amides is 4. The first-order chi connectivity index (χ1) is 17.9. The molecule has 0 saturated carbocycles. The Bertz CT molecular complexity index is 1450. The Hall–Kier alpha value is -4.34. The van der Waals surface area contributed by atoms with Crippen LogP contribution in [-0.2, 0) is 22.6 Å². The Morgan fingerprint density at radius 3 is 2.73 bits per heavy atom. The normalized spacial score (nSPS) is 21.4. The van der Waals surface area contributed by atoms with Crippen LogP contribution in [0.2, 0.25) is 0 Å². The van der Waals surface area contributed by atoms with Crippen molar-refractivity contribution in [2.75, 3.05) is 13.1 Å². The van der Waals surface area contributed by atoms with E-state index in [0.717, 1.165) is 12.0 Å². The van der Waals surface area contributed by atoms with Crippen LogP contribution in [0.4, 0.5) is 0 Å². The van der Waals surface area contributed by atoms with Gasteiger partial charge >= 0.3 is 0 Å². The average molecular weight is 499 g/mol. The summed E-state index contributed by atoms with van der Waals surface area (Å²) in [5.74, 6) is -0.932. The summed E-state index contributed by atoms with van der Waals surface area (Å²) in [7, 11) is 0. The van der Waals surface area contributed by atoms with Crippen LogP contribution in [-0.4, -0.2) is 67.6 Å². The summed E-state index contributed by atoms with van der Waals surface area (Å²) < 4.78 is 1.53. The molecule has 2 unspecified atom stereocenters. The van der Waals surface area contributed by atoms with Crippen LogP contribution in [0.3, 0.4) is 0 Å². The zero-order chi connectivity index (χ0) is 25.7. The van der Waals surface area contributed by atoms with Crippen molar-refractivity contribution in [3.05, 3.63) is 76.6 Å². The molecule has 4 heterocycles. The molecule has 1 aromatic heterocycles. The molecule has 1 fully saturated rings. The molecular weight excluding hydrogens is 472 g/mol. The van der Waals surface area contributed by atoms with Gasteiger partial charge in [0.05, 0.1) is 11.9 Å². The van der Waals surface area contributed by atoms with E-state index in [1.807, 2.05) is 23.1 Å². The molecular formula is C27H26N6O4. The highest BCUT2D eigenvalue weighted by atomic mass is 16.2. The fourth-order valence-corrected chi connectivity index (χ4v) is 5.56. The highest BCUT2D eigenvalue weighted by Gasteiger charge is 2.39. The first kappa shape index (κ1) is 23.1. The standard InChI is InChI=1S/C27H26N6O4/c1-16-13-31(11-10-17-4-2-3-5-20(16)17)27(37)22-15-33(30-29-22)19-6-7-21-18(12-19)14-32(26(21)36)23-8-9-24(34)28-25(23)35/h2-7,12,15-16,23H,8-11,13-14H2,1H3,(H,28,34,35). The van der Waals surface area contributed by atoms with Gasteiger partial charge in [-0.05, 0) is 53.6 Å². The smallest absolute Gasteiger partial charge is 0.276 e. The second kappa shape index (κ2) is 8.95. The van der Waals surface area contributed by atoms with Crippen LogP contribution >= 0.6 is 0 Å². The predicted molar refractivity (Wildman–Crippen MR) is 132 cm³/mol. The molecule has 37 heavy (non-hydrogen) atoms. The van der Waals surface area contributed by atoms with Crippen molar-refractivity contribution in [3.63, 3.8) is 0 Å². The Morgan fingerprint density at radius 1 is 1.05 bits per heavy atom. The van der Waals surface area contributed by atoms with E-state index in [1.165, 1.54) is 20.7 Å². The van der Waals surface area contributed by atoms with Crippen molar-refractivity contribution < 1.29 is 19.2 Å². The molecule has 0 radical (unpaired) electrons. The van der Waals surface area contributed by atoms with E-state index >= 15 is 0 Å². The second-order valence-corrected chi connectivity index (χ2v) is 9.89. The predicted octanol–water partition coefficient (Wildman–Crippen LogP) is 1.83. The van der Waals surface area contributed by atoms with Gasteiger partial charge in [-0.3, -0.25) is 24.5 Å². The van der Waals surface area contributed by atoms with Gasteiger partial charge in [0.1, 0.15) is 6.04 Å². The minimum atomic E-state index is -0.668. The zero-order valence-electron chi connectivity index (χ0n) is 20.4. The lowest BCUT2D eigenvalue weighted by atomic mass is 9.96. The Morgan fingerprint density at radius 2 is 1.89 bits per heavy atom. The summed E-state index contributed by atoms with van der Waals surface area (Å²) in [5, 5.41) is 10.6. The first-order valence-electron chi connectivity index (χ1n) is 12.5. The minimum Gasteiger partial charge on any atom is -0.336 e. The van der Waals surface area contributed by atoms with Gasteiger partial charge in [-0.25, -0.2) is 4.68 Å². The largest absolute Gasteiger partial charge is 0.336 e. The number of fused-ring (bicyclic) bond motifs is 2. The Labute approximate surface area is 213 Å². The molecule has 0 bridgehead atoms. The number of imide groups is 1. The number of rotatable bonds is 3. The van der Waals surface area contributed by atoms with Crippen molar-refractivity contribution in [3.8, 4) is 5.69 Å². The maximum atomic E-state index is 13.3. The maximum Gasteiger partial charge on any atom is 0.276 e. The average Bonchev–Trinajstić information content (AvgIpc) is 3.47. The van der Waals surface area contributed by atoms with Gasteiger partial charge in [-0.2, -0.15) is 0 Å². The van der Waals surface area contributed by atoms with Gasteiger partial charge in [0, 0.05) is 31.6 Å². The third-order valence-electron chi connectivity index (χ3n) is 7.50. The molecule has 3 aromatic rings. The van der Waals surface area contributed by atoms with E-state index in [0.29, 0.717) is 30.8 Å². The van der Waals surface area contributed by atoms with Crippen molar-refractivity contribution in [2.24, 2.45) is 0 Å². The summed E-state index contributed by atoms with van der Waals surface area (Å²) in [4.78, 5) is 53.4. The molecule has 0 aliphatic carbocycles. The van der Waals surface area contributed by atoms with E-state index in [2.05, 4.69) is 34.7 Å². The van der Waals surface area contributed by atoms with E-state index in [-0.39, 0.29) is 42.3 Å². The van der Waals surface area contributed by atoms with E-state index in [1.54, 1.807) is 18.3 Å². The van der Waals surface area contributed by atoms with Crippen molar-refractivity contribution in [1.82, 2.24) is 30.1 Å². The molecule has 1 saturated heterocycles. The molecule has 3 aliphatic heterocycles. The van der Waals surface area contributed by atoms with Crippen molar-refractivity contribution >= 4 is 23.6 Å². The van der Waals surface area contributed by atoms with Gasteiger partial charge in [0.2, 0.25) is 11.8 Å². The van der Waals surface area contributed by atoms with Crippen LogP contribution in [0, 0.1) is 0 Å². The van der Waals surface area contributed by atoms with Gasteiger partial charge in [-0.1, -0.05) is 36.4 Å². The van der Waals surface area contributed by atoms with Gasteiger partial charge in [-0.15, -0.1) is 5.10 Å². The lowest BCUT2D eigenvalue weighted by molar-refractivity contribution is -0.136. The highest BCUT2D eigenvalue weighted by molar-refractivity contribution is 6.05. The number of carbonyl (C=O) groups excluding carboxylic acids is 4. The van der Waals surface area contributed by atoms with E-state index in [4.69, 9.17) is 0 Å². The highest BCUT2D eigenvalue weighted by Crippen LogP contribution is 2.29. The van der Waals surface area contributed by atoms with Crippen LogP contribution in [0.25, 0.3) is 5.69 Å². The first-order valence-corrected chi connectivity index (χ1v) is 12.5. The quantitative estimate of drug-likeness (QED) is 0.551. The van der Waals surface area contributed by atoms with Gasteiger partial charge in [0.15, 0.2) is 5.69 Å². The number of nitrogens with zero attached hydrogens (tertiary/aromatic N) is 5. The third-order valence-corrected chi connectivity index (χ3v) is 7.50.